The molecule has 106 valence electrons. The molecule has 3 rings (SSSR count). The van der Waals surface area contributed by atoms with Crippen LogP contribution in [0.25, 0.3) is 23.0 Å². The molecule has 5 nitrogen and oxygen atoms in total. The minimum absolute atomic E-state index is 0.376. The van der Waals surface area contributed by atoms with Gasteiger partial charge in [0.1, 0.15) is 5.69 Å². The van der Waals surface area contributed by atoms with Crippen molar-refractivity contribution in [3.8, 4) is 23.0 Å². The van der Waals surface area contributed by atoms with Crippen LogP contribution in [0.1, 0.15) is 0 Å². The zero-order valence-electron chi connectivity index (χ0n) is 10.3. The summed E-state index contributed by atoms with van der Waals surface area (Å²) in [6.07, 6.45) is 1.67. The van der Waals surface area contributed by atoms with Crippen LogP contribution in [0.4, 0.5) is 5.69 Å². The largest absolute Gasteiger partial charge is 0.399 e. The summed E-state index contributed by atoms with van der Waals surface area (Å²) in [5.41, 5.74) is 7.75. The van der Waals surface area contributed by atoms with Crippen molar-refractivity contribution < 1.29 is 4.52 Å². The minimum atomic E-state index is 0.376. The van der Waals surface area contributed by atoms with Crippen LogP contribution in [0.3, 0.4) is 0 Å². The molecule has 0 aliphatic heterocycles. The summed E-state index contributed by atoms with van der Waals surface area (Å²) in [5, 5.41) is 3.97. The molecule has 8 heteroatoms. The van der Waals surface area contributed by atoms with Crippen molar-refractivity contribution in [1.82, 2.24) is 15.1 Å². The number of nitrogens with two attached hydrogens (primary N) is 1. The molecular formula is C13H7Br3N4O. The topological polar surface area (TPSA) is 77.8 Å². The van der Waals surface area contributed by atoms with E-state index in [0.717, 1.165) is 19.0 Å². The zero-order chi connectivity index (χ0) is 15.0. The Morgan fingerprint density at radius 2 is 1.86 bits per heavy atom. The number of nitrogen functional groups attached to an aromatic ring is 1. The van der Waals surface area contributed by atoms with Crippen molar-refractivity contribution >= 4 is 53.5 Å². The van der Waals surface area contributed by atoms with Crippen LogP contribution in [0, 0.1) is 0 Å². The van der Waals surface area contributed by atoms with Crippen LogP contribution >= 0.6 is 47.8 Å². The summed E-state index contributed by atoms with van der Waals surface area (Å²) in [4.78, 5) is 8.65. The van der Waals surface area contributed by atoms with Crippen molar-refractivity contribution in [3.05, 3.63) is 43.9 Å². The fraction of sp³-hybridized carbons (Fsp3) is 0. The summed E-state index contributed by atoms with van der Waals surface area (Å²) in [5.74, 6) is 0.777. The molecule has 1 aromatic carbocycles. The number of hydrogen-bond donors (Lipinski definition) is 1. The highest BCUT2D eigenvalue weighted by molar-refractivity contribution is 9.11. The predicted molar refractivity (Wildman–Crippen MR) is 90.5 cm³/mol. The van der Waals surface area contributed by atoms with E-state index < -0.39 is 0 Å². The summed E-state index contributed by atoms with van der Waals surface area (Å²) in [6, 6.07) is 7.26. The van der Waals surface area contributed by atoms with Crippen molar-refractivity contribution in [2.45, 2.75) is 0 Å². The Kier molecular flexibility index (Phi) is 4.10. The van der Waals surface area contributed by atoms with Gasteiger partial charge in [-0.1, -0.05) is 5.16 Å². The molecule has 2 heterocycles. The van der Waals surface area contributed by atoms with Gasteiger partial charge in [-0.2, -0.15) is 4.98 Å². The highest BCUT2D eigenvalue weighted by Crippen LogP contribution is 2.32. The van der Waals surface area contributed by atoms with Crippen molar-refractivity contribution in [2.75, 3.05) is 5.73 Å². The third-order valence-electron chi connectivity index (χ3n) is 2.67. The van der Waals surface area contributed by atoms with Gasteiger partial charge in [0.25, 0.3) is 5.89 Å². The first-order valence-corrected chi connectivity index (χ1v) is 8.13. The first kappa shape index (κ1) is 14.7. The Labute approximate surface area is 145 Å². The second kappa shape index (κ2) is 5.86. The van der Waals surface area contributed by atoms with Crippen LogP contribution in [0.2, 0.25) is 0 Å². The average molecular weight is 475 g/mol. The van der Waals surface area contributed by atoms with Crippen molar-refractivity contribution in [1.29, 1.82) is 0 Å². The third kappa shape index (κ3) is 3.02. The zero-order valence-corrected chi connectivity index (χ0v) is 15.1. The maximum absolute atomic E-state index is 5.79. The number of hydrogen-bond acceptors (Lipinski definition) is 5. The fourth-order valence-corrected chi connectivity index (χ4v) is 3.30. The maximum Gasteiger partial charge on any atom is 0.259 e. The first-order chi connectivity index (χ1) is 10.0. The van der Waals surface area contributed by atoms with Gasteiger partial charge in [0.15, 0.2) is 0 Å². The lowest BCUT2D eigenvalue weighted by Crippen LogP contribution is -1.89. The van der Waals surface area contributed by atoms with Gasteiger partial charge in [-0.3, -0.25) is 4.98 Å². The molecule has 0 aliphatic rings. The molecule has 0 amide bonds. The van der Waals surface area contributed by atoms with E-state index in [-0.39, 0.29) is 0 Å². The van der Waals surface area contributed by atoms with Crippen LogP contribution in [-0.4, -0.2) is 15.1 Å². The molecule has 0 unspecified atom stereocenters. The van der Waals surface area contributed by atoms with E-state index in [4.69, 9.17) is 10.3 Å². The first-order valence-electron chi connectivity index (χ1n) is 5.75. The van der Waals surface area contributed by atoms with Gasteiger partial charge >= 0.3 is 0 Å². The molecular weight excluding hydrogens is 468 g/mol. The summed E-state index contributed by atoms with van der Waals surface area (Å²) < 4.78 is 7.77. The number of anilines is 1. The molecule has 3 aromatic rings. The molecule has 0 radical (unpaired) electrons. The SMILES string of the molecule is Nc1ccc(Br)c(-c2nc(-c3ncc(Br)cc3Br)no2)c1. The second-order valence-electron chi connectivity index (χ2n) is 4.15. The number of nitrogens with zero attached hydrogens (tertiary/aromatic N) is 3. The Hall–Kier alpha value is -1.25. The van der Waals surface area contributed by atoms with Crippen molar-refractivity contribution in [3.63, 3.8) is 0 Å². The summed E-state index contributed by atoms with van der Waals surface area (Å²) >= 11 is 10.2. The van der Waals surface area contributed by atoms with E-state index in [2.05, 4.69) is 62.9 Å². The van der Waals surface area contributed by atoms with Gasteiger partial charge < -0.3 is 10.3 Å². The fourth-order valence-electron chi connectivity index (χ4n) is 1.71. The van der Waals surface area contributed by atoms with Gasteiger partial charge in [0.2, 0.25) is 5.82 Å². The molecule has 0 saturated carbocycles. The standard InChI is InChI=1S/C13H7Br3N4O/c14-6-3-10(16)11(18-5-6)12-19-13(21-20-12)8-4-7(17)1-2-9(8)15/h1-5H,17H2. The predicted octanol–water partition coefficient (Wildman–Crippen LogP) is 4.67. The molecule has 0 aliphatic carbocycles. The van der Waals surface area contributed by atoms with Gasteiger partial charge in [0, 0.05) is 25.3 Å². The van der Waals surface area contributed by atoms with Gasteiger partial charge in [-0.05, 0) is 72.1 Å². The Balaban J connectivity index is 2.06. The van der Waals surface area contributed by atoms with E-state index in [0.29, 0.717) is 23.1 Å². The molecule has 0 atom stereocenters. The van der Waals surface area contributed by atoms with E-state index in [9.17, 15) is 0 Å². The Morgan fingerprint density at radius 1 is 1.05 bits per heavy atom. The van der Waals surface area contributed by atoms with Crippen molar-refractivity contribution in [2.24, 2.45) is 0 Å². The highest BCUT2D eigenvalue weighted by atomic mass is 79.9. The monoisotopic (exact) mass is 472 g/mol. The Bertz CT molecular complexity index is 819. The lowest BCUT2D eigenvalue weighted by atomic mass is 10.2. The third-order valence-corrected chi connectivity index (χ3v) is 4.40. The van der Waals surface area contributed by atoms with Gasteiger partial charge in [-0.25, -0.2) is 0 Å². The second-order valence-corrected chi connectivity index (χ2v) is 6.77. The normalized spacial score (nSPS) is 10.8. The molecule has 0 spiro atoms. The number of pyridine rings is 1. The molecule has 2 aromatic heterocycles. The molecule has 2 N–H and O–H groups in total. The summed E-state index contributed by atoms with van der Waals surface area (Å²) in [6.45, 7) is 0. The lowest BCUT2D eigenvalue weighted by molar-refractivity contribution is 0.432. The van der Waals surface area contributed by atoms with E-state index in [1.807, 2.05) is 12.1 Å². The number of benzene rings is 1. The number of halogens is 3. The van der Waals surface area contributed by atoms with E-state index >= 15 is 0 Å². The van der Waals surface area contributed by atoms with E-state index in [1.54, 1.807) is 18.3 Å². The highest BCUT2D eigenvalue weighted by Gasteiger charge is 2.16. The smallest absolute Gasteiger partial charge is 0.259 e. The number of aromatic nitrogens is 3. The molecule has 0 fully saturated rings. The van der Waals surface area contributed by atoms with Crippen LogP contribution in [0.15, 0.2) is 48.4 Å². The lowest BCUT2D eigenvalue weighted by Gasteiger charge is -2.00. The quantitative estimate of drug-likeness (QED) is 0.546. The Morgan fingerprint density at radius 3 is 2.62 bits per heavy atom. The minimum Gasteiger partial charge on any atom is -0.399 e. The van der Waals surface area contributed by atoms with E-state index in [1.165, 1.54) is 0 Å². The molecule has 21 heavy (non-hydrogen) atoms. The van der Waals surface area contributed by atoms with Crippen LogP contribution in [0.5, 0.6) is 0 Å². The van der Waals surface area contributed by atoms with Gasteiger partial charge in [-0.15, -0.1) is 0 Å². The van der Waals surface area contributed by atoms with Crippen LogP contribution in [-0.2, 0) is 0 Å². The molecule has 0 bridgehead atoms. The number of rotatable bonds is 2. The molecule has 0 saturated heterocycles. The summed E-state index contributed by atoms with van der Waals surface area (Å²) in [7, 11) is 0. The van der Waals surface area contributed by atoms with Crippen LogP contribution < -0.4 is 5.73 Å². The maximum atomic E-state index is 5.79. The van der Waals surface area contributed by atoms with Gasteiger partial charge in [0.05, 0.1) is 5.56 Å². The average Bonchev–Trinajstić information content (AvgIpc) is 2.91.